The maximum atomic E-state index is 14.6. The predicted molar refractivity (Wildman–Crippen MR) is 139 cm³/mol. The average Bonchev–Trinajstić information content (AvgIpc) is 3.42. The number of carbonyl (C=O) groups is 1. The number of aromatic carboxylic acids is 1. The van der Waals surface area contributed by atoms with Crippen molar-refractivity contribution >= 4 is 22.6 Å². The molecule has 39 heavy (non-hydrogen) atoms. The van der Waals surface area contributed by atoms with Crippen LogP contribution in [0.1, 0.15) is 71.9 Å². The number of hydrogen-bond acceptors (Lipinski definition) is 6. The van der Waals surface area contributed by atoms with Crippen LogP contribution in [0.2, 0.25) is 0 Å². The highest BCUT2D eigenvalue weighted by Crippen LogP contribution is 2.46. The summed E-state index contributed by atoms with van der Waals surface area (Å²) in [4.78, 5) is 13.9. The fourth-order valence-electron chi connectivity index (χ4n) is 6.53. The second kappa shape index (κ2) is 9.19. The molecular weight excluding hydrogens is 506 g/mol. The highest BCUT2D eigenvalue weighted by molar-refractivity contribution is 5.94. The lowest BCUT2D eigenvalue weighted by atomic mass is 9.96. The second-order valence-electron chi connectivity index (χ2n) is 11.0. The van der Waals surface area contributed by atoms with Crippen molar-refractivity contribution in [3.63, 3.8) is 0 Å². The van der Waals surface area contributed by atoms with E-state index in [-0.39, 0.29) is 47.7 Å². The highest BCUT2D eigenvalue weighted by atomic mass is 19.1. The zero-order valence-corrected chi connectivity index (χ0v) is 21.5. The molecule has 4 aromatic rings. The minimum absolute atomic E-state index is 0.00408. The standard InChI is InChI=1S/C30H28F2N2O5/c1-15-20-13-26(30(35)36)38-25(20)10-9-24(15)34-17-7-8-18(34)12-19(11-17)37-14-21-28(33-39-29(21)16-5-6-16)27-22(31)3-2-4-23(27)32/h2-4,9-10,13,16-19H,5-8,11-12,14H2,1H3,(H,35,36)/t17-,18+,19?. The van der Waals surface area contributed by atoms with Crippen molar-refractivity contribution in [1.82, 2.24) is 5.16 Å². The minimum Gasteiger partial charge on any atom is -0.475 e. The van der Waals surface area contributed by atoms with Crippen LogP contribution < -0.4 is 4.90 Å². The zero-order valence-electron chi connectivity index (χ0n) is 21.5. The molecule has 1 saturated carbocycles. The van der Waals surface area contributed by atoms with Gasteiger partial charge < -0.3 is 23.7 Å². The maximum absolute atomic E-state index is 14.6. The van der Waals surface area contributed by atoms with Crippen molar-refractivity contribution in [2.45, 2.75) is 76.2 Å². The molecule has 1 N–H and O–H groups in total. The van der Waals surface area contributed by atoms with Gasteiger partial charge in [-0.25, -0.2) is 13.6 Å². The van der Waals surface area contributed by atoms with Crippen molar-refractivity contribution in [3.05, 3.63) is 70.7 Å². The number of ether oxygens (including phenoxy) is 1. The first-order valence-electron chi connectivity index (χ1n) is 13.5. The molecule has 1 aliphatic carbocycles. The molecule has 9 heteroatoms. The maximum Gasteiger partial charge on any atom is 0.371 e. The number of piperidine rings is 1. The number of rotatable bonds is 7. The van der Waals surface area contributed by atoms with Crippen LogP contribution in [0, 0.1) is 18.6 Å². The number of hydrogen-bond donors (Lipinski definition) is 1. The van der Waals surface area contributed by atoms with Gasteiger partial charge in [0, 0.05) is 34.6 Å². The molecule has 3 atom stereocenters. The molecule has 0 amide bonds. The van der Waals surface area contributed by atoms with E-state index in [1.807, 2.05) is 19.1 Å². The molecule has 0 spiro atoms. The summed E-state index contributed by atoms with van der Waals surface area (Å²) in [5, 5.41) is 14.2. The number of aromatic nitrogens is 1. The van der Waals surface area contributed by atoms with E-state index in [0.717, 1.165) is 55.2 Å². The fraction of sp³-hybridized carbons (Fsp3) is 0.400. The number of furan rings is 1. The van der Waals surface area contributed by atoms with E-state index in [9.17, 15) is 18.7 Å². The van der Waals surface area contributed by atoms with Crippen LogP contribution in [0.25, 0.3) is 22.2 Å². The van der Waals surface area contributed by atoms with Gasteiger partial charge in [-0.2, -0.15) is 0 Å². The smallest absolute Gasteiger partial charge is 0.371 e. The Morgan fingerprint density at radius 3 is 2.49 bits per heavy atom. The quantitative estimate of drug-likeness (QED) is 0.274. The van der Waals surface area contributed by atoms with Crippen LogP contribution in [-0.4, -0.2) is 34.4 Å². The number of carboxylic acids is 1. The number of halogens is 2. The third-order valence-corrected chi connectivity index (χ3v) is 8.55. The predicted octanol–water partition coefficient (Wildman–Crippen LogP) is 6.97. The van der Waals surface area contributed by atoms with Crippen LogP contribution in [0.15, 0.2) is 45.3 Å². The summed E-state index contributed by atoms with van der Waals surface area (Å²) in [5.74, 6) is -1.58. The van der Waals surface area contributed by atoms with E-state index in [4.69, 9.17) is 13.7 Å². The lowest BCUT2D eigenvalue weighted by molar-refractivity contribution is 0.0147. The molecule has 4 heterocycles. The summed E-state index contributed by atoms with van der Waals surface area (Å²) in [6.07, 6.45) is 5.67. The van der Waals surface area contributed by atoms with Gasteiger partial charge in [0.1, 0.15) is 28.7 Å². The van der Waals surface area contributed by atoms with Gasteiger partial charge in [0.2, 0.25) is 5.76 Å². The topological polar surface area (TPSA) is 88.9 Å². The van der Waals surface area contributed by atoms with Gasteiger partial charge in [0.05, 0.1) is 18.3 Å². The van der Waals surface area contributed by atoms with Gasteiger partial charge in [0.15, 0.2) is 0 Å². The number of benzene rings is 2. The third-order valence-electron chi connectivity index (χ3n) is 8.55. The molecule has 3 fully saturated rings. The Labute approximate surface area is 223 Å². The number of nitrogens with zero attached hydrogens (tertiary/aromatic N) is 2. The molecule has 2 aliphatic heterocycles. The molecule has 2 saturated heterocycles. The molecule has 1 unspecified atom stereocenters. The van der Waals surface area contributed by atoms with Crippen molar-refractivity contribution in [1.29, 1.82) is 0 Å². The normalized spacial score (nSPS) is 22.6. The average molecular weight is 535 g/mol. The highest BCUT2D eigenvalue weighted by Gasteiger charge is 2.42. The van der Waals surface area contributed by atoms with E-state index >= 15 is 0 Å². The summed E-state index contributed by atoms with van der Waals surface area (Å²) in [6.45, 7) is 2.20. The Kier molecular flexibility index (Phi) is 5.73. The summed E-state index contributed by atoms with van der Waals surface area (Å²) >= 11 is 0. The van der Waals surface area contributed by atoms with Crippen LogP contribution in [0.3, 0.4) is 0 Å². The van der Waals surface area contributed by atoms with E-state index in [1.165, 1.54) is 18.2 Å². The van der Waals surface area contributed by atoms with Crippen LogP contribution in [0.5, 0.6) is 0 Å². The van der Waals surface area contributed by atoms with Gasteiger partial charge in [0.25, 0.3) is 0 Å². The molecule has 202 valence electrons. The fourth-order valence-corrected chi connectivity index (χ4v) is 6.53. The van der Waals surface area contributed by atoms with Gasteiger partial charge in [-0.15, -0.1) is 0 Å². The SMILES string of the molecule is Cc1c(N2[C@@H]3CC[C@H]2CC(OCc2c(-c4c(F)cccc4F)noc2C2CC2)C3)ccc2oc(C(=O)O)cc12. The number of anilines is 1. The Hall–Kier alpha value is -3.72. The molecule has 2 aromatic carbocycles. The van der Waals surface area contributed by atoms with E-state index in [2.05, 4.69) is 10.1 Å². The summed E-state index contributed by atoms with van der Waals surface area (Å²) < 4.78 is 46.8. The number of carboxylic acid groups (broad SMARTS) is 1. The Bertz CT molecular complexity index is 1560. The Balaban J connectivity index is 1.12. The van der Waals surface area contributed by atoms with Gasteiger partial charge in [-0.3, -0.25) is 0 Å². The first kappa shape index (κ1) is 24.3. The third kappa shape index (κ3) is 4.11. The first-order valence-corrected chi connectivity index (χ1v) is 13.5. The van der Waals surface area contributed by atoms with Crippen molar-refractivity contribution in [2.24, 2.45) is 0 Å². The minimum atomic E-state index is -1.08. The van der Waals surface area contributed by atoms with Gasteiger partial charge in [-0.05, 0) is 81.3 Å². The molecular formula is C30H28F2N2O5. The van der Waals surface area contributed by atoms with Crippen LogP contribution >= 0.6 is 0 Å². The molecule has 0 radical (unpaired) electrons. The van der Waals surface area contributed by atoms with Crippen LogP contribution in [-0.2, 0) is 11.3 Å². The van der Waals surface area contributed by atoms with E-state index in [0.29, 0.717) is 16.9 Å². The molecule has 7 rings (SSSR count). The Morgan fingerprint density at radius 1 is 1.10 bits per heavy atom. The largest absolute Gasteiger partial charge is 0.475 e. The monoisotopic (exact) mass is 534 g/mol. The lowest BCUT2D eigenvalue weighted by Gasteiger charge is -2.41. The molecule has 2 aromatic heterocycles. The van der Waals surface area contributed by atoms with E-state index in [1.54, 1.807) is 6.07 Å². The van der Waals surface area contributed by atoms with Gasteiger partial charge >= 0.3 is 5.97 Å². The van der Waals surface area contributed by atoms with Crippen LogP contribution in [0.4, 0.5) is 14.5 Å². The summed E-state index contributed by atoms with van der Waals surface area (Å²) in [6, 6.07) is 9.83. The van der Waals surface area contributed by atoms with Gasteiger partial charge in [-0.1, -0.05) is 11.2 Å². The van der Waals surface area contributed by atoms with Crippen molar-refractivity contribution in [2.75, 3.05) is 4.90 Å². The first-order chi connectivity index (χ1) is 18.9. The zero-order chi connectivity index (χ0) is 26.8. The Morgan fingerprint density at radius 2 is 1.82 bits per heavy atom. The summed E-state index contributed by atoms with van der Waals surface area (Å²) in [7, 11) is 0. The van der Waals surface area contributed by atoms with E-state index < -0.39 is 17.6 Å². The molecule has 7 nitrogen and oxygen atoms in total. The molecule has 2 bridgehead atoms. The van der Waals surface area contributed by atoms with Crippen molar-refractivity contribution < 1.29 is 32.4 Å². The summed E-state index contributed by atoms with van der Waals surface area (Å²) in [5.41, 5.74) is 3.34. The number of aryl methyl sites for hydroxylation is 1. The lowest BCUT2D eigenvalue weighted by Crippen LogP contribution is -2.45. The second-order valence-corrected chi connectivity index (χ2v) is 11.0. The number of fused-ring (bicyclic) bond motifs is 3. The van der Waals surface area contributed by atoms with Crippen molar-refractivity contribution in [3.8, 4) is 11.3 Å². The molecule has 3 aliphatic rings.